The number of amides is 1. The SMILES string of the molecule is Cc1ccc(NC(=O)CSc2ccc(Br)cc2)cc1. The first kappa shape index (κ1) is 14.2. The van der Waals surface area contributed by atoms with Gasteiger partial charge in [0.25, 0.3) is 0 Å². The highest BCUT2D eigenvalue weighted by Gasteiger charge is 2.03. The molecule has 2 rings (SSSR count). The van der Waals surface area contributed by atoms with Crippen LogP contribution in [0.5, 0.6) is 0 Å². The Morgan fingerprint density at radius 2 is 1.74 bits per heavy atom. The number of carbonyl (C=O) groups excluding carboxylic acids is 1. The van der Waals surface area contributed by atoms with Gasteiger partial charge in [0.1, 0.15) is 0 Å². The fourth-order valence-electron chi connectivity index (χ4n) is 1.51. The molecule has 0 saturated heterocycles. The van der Waals surface area contributed by atoms with Crippen molar-refractivity contribution in [3.63, 3.8) is 0 Å². The second-order valence-electron chi connectivity index (χ2n) is 4.16. The number of rotatable bonds is 4. The van der Waals surface area contributed by atoms with Crippen molar-refractivity contribution in [2.75, 3.05) is 11.1 Å². The Balaban J connectivity index is 1.84. The van der Waals surface area contributed by atoms with E-state index in [0.29, 0.717) is 5.75 Å². The van der Waals surface area contributed by atoms with E-state index in [9.17, 15) is 4.79 Å². The summed E-state index contributed by atoms with van der Waals surface area (Å²) in [6.45, 7) is 2.02. The number of anilines is 1. The van der Waals surface area contributed by atoms with Gasteiger partial charge in [0, 0.05) is 15.1 Å². The first-order valence-corrected chi connectivity index (χ1v) is 7.66. The molecule has 0 radical (unpaired) electrons. The Kier molecular flexibility index (Phi) is 5.05. The van der Waals surface area contributed by atoms with E-state index in [0.717, 1.165) is 15.1 Å². The average molecular weight is 336 g/mol. The minimum atomic E-state index is 0.0109. The lowest BCUT2D eigenvalue weighted by molar-refractivity contribution is -0.113. The summed E-state index contributed by atoms with van der Waals surface area (Å²) in [5.41, 5.74) is 2.02. The first-order valence-electron chi connectivity index (χ1n) is 5.88. The number of carbonyl (C=O) groups is 1. The summed E-state index contributed by atoms with van der Waals surface area (Å²) < 4.78 is 1.04. The molecule has 4 heteroatoms. The van der Waals surface area contributed by atoms with Crippen molar-refractivity contribution in [3.05, 3.63) is 58.6 Å². The second kappa shape index (κ2) is 6.78. The van der Waals surface area contributed by atoms with E-state index in [1.165, 1.54) is 17.3 Å². The van der Waals surface area contributed by atoms with Crippen LogP contribution < -0.4 is 5.32 Å². The van der Waals surface area contributed by atoms with Gasteiger partial charge in [0.2, 0.25) is 5.91 Å². The smallest absolute Gasteiger partial charge is 0.234 e. The standard InChI is InChI=1S/C15H14BrNOS/c1-11-2-6-13(7-3-11)17-15(18)10-19-14-8-4-12(16)5-9-14/h2-9H,10H2,1H3,(H,17,18). The van der Waals surface area contributed by atoms with Gasteiger partial charge < -0.3 is 5.32 Å². The molecule has 0 unspecified atom stereocenters. The van der Waals surface area contributed by atoms with Crippen LogP contribution in [0.15, 0.2) is 57.9 Å². The zero-order chi connectivity index (χ0) is 13.7. The molecular formula is C15H14BrNOS. The maximum atomic E-state index is 11.8. The van der Waals surface area contributed by atoms with Crippen LogP contribution in [0.2, 0.25) is 0 Å². The van der Waals surface area contributed by atoms with Crippen molar-refractivity contribution in [3.8, 4) is 0 Å². The van der Waals surface area contributed by atoms with Crippen molar-refractivity contribution in [1.82, 2.24) is 0 Å². The molecule has 0 fully saturated rings. The summed E-state index contributed by atoms with van der Waals surface area (Å²) >= 11 is 4.91. The number of hydrogen-bond donors (Lipinski definition) is 1. The fourth-order valence-corrected chi connectivity index (χ4v) is 2.48. The van der Waals surface area contributed by atoms with Crippen molar-refractivity contribution < 1.29 is 4.79 Å². The second-order valence-corrected chi connectivity index (χ2v) is 6.12. The van der Waals surface area contributed by atoms with Crippen LogP contribution >= 0.6 is 27.7 Å². The summed E-state index contributed by atoms with van der Waals surface area (Å²) in [6, 6.07) is 15.7. The fraction of sp³-hybridized carbons (Fsp3) is 0.133. The average Bonchev–Trinajstić information content (AvgIpc) is 2.41. The summed E-state index contributed by atoms with van der Waals surface area (Å²) in [4.78, 5) is 12.9. The van der Waals surface area contributed by atoms with E-state index in [4.69, 9.17) is 0 Å². The Hall–Kier alpha value is -1.26. The number of benzene rings is 2. The van der Waals surface area contributed by atoms with Crippen molar-refractivity contribution in [2.45, 2.75) is 11.8 Å². The lowest BCUT2D eigenvalue weighted by atomic mass is 10.2. The predicted octanol–water partition coefficient (Wildman–Crippen LogP) is 4.49. The topological polar surface area (TPSA) is 29.1 Å². The molecule has 1 amide bonds. The monoisotopic (exact) mass is 335 g/mol. The first-order chi connectivity index (χ1) is 9.13. The van der Waals surface area contributed by atoms with E-state index in [-0.39, 0.29) is 5.91 Å². The Labute approximate surface area is 125 Å². The highest BCUT2D eigenvalue weighted by molar-refractivity contribution is 9.10. The largest absolute Gasteiger partial charge is 0.325 e. The van der Waals surface area contributed by atoms with Crippen molar-refractivity contribution >= 4 is 39.3 Å². The quantitative estimate of drug-likeness (QED) is 0.834. The van der Waals surface area contributed by atoms with Crippen LogP contribution in [0, 0.1) is 6.92 Å². The van der Waals surface area contributed by atoms with Crippen LogP contribution in [0.1, 0.15) is 5.56 Å². The normalized spacial score (nSPS) is 10.2. The molecule has 0 bridgehead atoms. The van der Waals surface area contributed by atoms with E-state index in [1.54, 1.807) is 0 Å². The Bertz CT molecular complexity index is 551. The lowest BCUT2D eigenvalue weighted by Crippen LogP contribution is -2.13. The molecule has 0 spiro atoms. The highest BCUT2D eigenvalue weighted by Crippen LogP contribution is 2.20. The van der Waals surface area contributed by atoms with Crippen LogP contribution in [0.3, 0.4) is 0 Å². The number of aryl methyl sites for hydroxylation is 1. The summed E-state index contributed by atoms with van der Waals surface area (Å²) in [5.74, 6) is 0.423. The minimum Gasteiger partial charge on any atom is -0.325 e. The third kappa shape index (κ3) is 4.73. The molecule has 0 aromatic heterocycles. The van der Waals surface area contributed by atoms with Gasteiger partial charge in [-0.2, -0.15) is 0 Å². The van der Waals surface area contributed by atoms with Gasteiger partial charge in [-0.3, -0.25) is 4.79 Å². The lowest BCUT2D eigenvalue weighted by Gasteiger charge is -2.05. The van der Waals surface area contributed by atoms with Gasteiger partial charge in [0.05, 0.1) is 5.75 Å². The maximum absolute atomic E-state index is 11.8. The van der Waals surface area contributed by atoms with Gasteiger partial charge in [0.15, 0.2) is 0 Å². The molecule has 98 valence electrons. The third-order valence-corrected chi connectivity index (χ3v) is 4.06. The Morgan fingerprint density at radius 1 is 1.11 bits per heavy atom. The minimum absolute atomic E-state index is 0.0109. The van der Waals surface area contributed by atoms with Crippen LogP contribution in [0.4, 0.5) is 5.69 Å². The predicted molar refractivity (Wildman–Crippen MR) is 84.7 cm³/mol. The summed E-state index contributed by atoms with van der Waals surface area (Å²) in [5, 5.41) is 2.88. The molecule has 0 saturated carbocycles. The Morgan fingerprint density at radius 3 is 2.37 bits per heavy atom. The molecule has 0 atom stereocenters. The van der Waals surface area contributed by atoms with Crippen molar-refractivity contribution in [2.24, 2.45) is 0 Å². The zero-order valence-corrected chi connectivity index (χ0v) is 12.9. The van der Waals surface area contributed by atoms with Gasteiger partial charge in [-0.05, 0) is 43.3 Å². The zero-order valence-electron chi connectivity index (χ0n) is 10.5. The van der Waals surface area contributed by atoms with E-state index in [1.807, 2.05) is 55.5 Å². The molecule has 2 aromatic carbocycles. The molecule has 0 aliphatic carbocycles. The molecule has 0 aliphatic heterocycles. The molecule has 19 heavy (non-hydrogen) atoms. The van der Waals surface area contributed by atoms with E-state index < -0.39 is 0 Å². The van der Waals surface area contributed by atoms with Crippen LogP contribution in [-0.4, -0.2) is 11.7 Å². The molecule has 1 N–H and O–H groups in total. The maximum Gasteiger partial charge on any atom is 0.234 e. The number of halogens is 1. The van der Waals surface area contributed by atoms with Crippen LogP contribution in [-0.2, 0) is 4.79 Å². The summed E-state index contributed by atoms with van der Waals surface area (Å²) in [7, 11) is 0. The summed E-state index contributed by atoms with van der Waals surface area (Å²) in [6.07, 6.45) is 0. The van der Waals surface area contributed by atoms with E-state index in [2.05, 4.69) is 21.2 Å². The van der Waals surface area contributed by atoms with Crippen LogP contribution in [0.25, 0.3) is 0 Å². The number of hydrogen-bond acceptors (Lipinski definition) is 2. The number of nitrogens with one attached hydrogen (secondary N) is 1. The molecule has 0 heterocycles. The van der Waals surface area contributed by atoms with Gasteiger partial charge in [-0.1, -0.05) is 33.6 Å². The number of thioether (sulfide) groups is 1. The molecule has 0 aliphatic rings. The van der Waals surface area contributed by atoms with Gasteiger partial charge >= 0.3 is 0 Å². The van der Waals surface area contributed by atoms with Gasteiger partial charge in [-0.15, -0.1) is 11.8 Å². The molecule has 2 aromatic rings. The van der Waals surface area contributed by atoms with Gasteiger partial charge in [-0.25, -0.2) is 0 Å². The third-order valence-electron chi connectivity index (χ3n) is 2.52. The van der Waals surface area contributed by atoms with Crippen molar-refractivity contribution in [1.29, 1.82) is 0 Å². The molecule has 2 nitrogen and oxygen atoms in total. The molecular weight excluding hydrogens is 322 g/mol. The van der Waals surface area contributed by atoms with E-state index >= 15 is 0 Å². The highest BCUT2D eigenvalue weighted by atomic mass is 79.9.